The van der Waals surface area contributed by atoms with Gasteiger partial charge in [-0.3, -0.25) is 9.59 Å². The lowest BCUT2D eigenvalue weighted by atomic mass is 10.2. The van der Waals surface area contributed by atoms with Gasteiger partial charge in [0.05, 0.1) is 12.0 Å². The van der Waals surface area contributed by atoms with Gasteiger partial charge in [-0.25, -0.2) is 4.98 Å². The van der Waals surface area contributed by atoms with Crippen LogP contribution >= 0.6 is 23.2 Å². The van der Waals surface area contributed by atoms with E-state index >= 15 is 0 Å². The third-order valence-electron chi connectivity index (χ3n) is 2.31. The Labute approximate surface area is 114 Å². The SMILES string of the molecule is CCN(CCC(=O)O)C(=O)c1ccc(Cl)nc1Cl. The maximum absolute atomic E-state index is 12.1. The molecule has 0 aliphatic rings. The third kappa shape index (κ3) is 3.85. The van der Waals surface area contributed by atoms with Crippen LogP contribution in [0.2, 0.25) is 10.3 Å². The molecule has 0 aliphatic heterocycles. The number of aliphatic carboxylic acids is 1. The Morgan fingerprint density at radius 3 is 2.56 bits per heavy atom. The molecule has 1 amide bonds. The number of nitrogens with zero attached hydrogens (tertiary/aromatic N) is 2. The number of halogens is 2. The predicted molar refractivity (Wildman–Crippen MR) is 68.1 cm³/mol. The number of carbonyl (C=O) groups is 2. The van der Waals surface area contributed by atoms with Gasteiger partial charge in [0.1, 0.15) is 10.3 Å². The molecule has 0 aliphatic carbocycles. The van der Waals surface area contributed by atoms with E-state index in [1.54, 1.807) is 6.92 Å². The summed E-state index contributed by atoms with van der Waals surface area (Å²) in [4.78, 5) is 27.7. The highest BCUT2D eigenvalue weighted by atomic mass is 35.5. The van der Waals surface area contributed by atoms with Crippen LogP contribution in [-0.2, 0) is 4.79 Å². The number of hydrogen-bond acceptors (Lipinski definition) is 3. The Morgan fingerprint density at radius 2 is 2.06 bits per heavy atom. The van der Waals surface area contributed by atoms with Crippen LogP contribution in [0, 0.1) is 0 Å². The highest BCUT2D eigenvalue weighted by Crippen LogP contribution is 2.18. The summed E-state index contributed by atoms with van der Waals surface area (Å²) in [5.74, 6) is -1.31. The number of carbonyl (C=O) groups excluding carboxylic acids is 1. The Bertz CT molecular complexity index is 466. The molecule has 1 aromatic rings. The van der Waals surface area contributed by atoms with Gasteiger partial charge in [0.2, 0.25) is 0 Å². The minimum atomic E-state index is -0.957. The summed E-state index contributed by atoms with van der Waals surface area (Å²) in [5.41, 5.74) is 0.216. The van der Waals surface area contributed by atoms with Crippen molar-refractivity contribution in [3.8, 4) is 0 Å². The predicted octanol–water partition coefficient (Wildman–Crippen LogP) is 2.33. The molecule has 0 unspecified atom stereocenters. The number of pyridine rings is 1. The van der Waals surface area contributed by atoms with Gasteiger partial charge >= 0.3 is 5.97 Å². The zero-order valence-corrected chi connectivity index (χ0v) is 11.2. The van der Waals surface area contributed by atoms with Crippen LogP contribution in [0.1, 0.15) is 23.7 Å². The summed E-state index contributed by atoms with van der Waals surface area (Å²) in [7, 11) is 0. The number of carboxylic acids is 1. The largest absolute Gasteiger partial charge is 0.481 e. The number of rotatable bonds is 5. The van der Waals surface area contributed by atoms with Crippen LogP contribution in [0.25, 0.3) is 0 Å². The van der Waals surface area contributed by atoms with Crippen molar-refractivity contribution in [2.45, 2.75) is 13.3 Å². The Kier molecular flexibility index (Phi) is 5.37. The molecule has 1 heterocycles. The van der Waals surface area contributed by atoms with Crippen molar-refractivity contribution in [3.63, 3.8) is 0 Å². The van der Waals surface area contributed by atoms with Gasteiger partial charge in [-0.2, -0.15) is 0 Å². The molecule has 7 heteroatoms. The molecule has 0 radical (unpaired) electrons. The first-order chi connectivity index (χ1) is 8.45. The average Bonchev–Trinajstić information content (AvgIpc) is 2.29. The van der Waals surface area contributed by atoms with E-state index in [4.69, 9.17) is 28.3 Å². The zero-order chi connectivity index (χ0) is 13.7. The molecule has 0 saturated heterocycles. The van der Waals surface area contributed by atoms with Gasteiger partial charge in [-0.05, 0) is 19.1 Å². The normalized spacial score (nSPS) is 10.2. The second-order valence-corrected chi connectivity index (χ2v) is 4.25. The van der Waals surface area contributed by atoms with Crippen molar-refractivity contribution in [1.82, 2.24) is 9.88 Å². The van der Waals surface area contributed by atoms with Crippen molar-refractivity contribution in [1.29, 1.82) is 0 Å². The monoisotopic (exact) mass is 290 g/mol. The number of aromatic nitrogens is 1. The van der Waals surface area contributed by atoms with Gasteiger partial charge < -0.3 is 10.0 Å². The summed E-state index contributed by atoms with van der Waals surface area (Å²) in [6.07, 6.45) is -0.113. The number of carboxylic acid groups (broad SMARTS) is 1. The minimum absolute atomic E-state index is 0.0151. The summed E-state index contributed by atoms with van der Waals surface area (Å²) >= 11 is 11.5. The Hall–Kier alpha value is -1.33. The molecule has 1 aromatic heterocycles. The molecule has 5 nitrogen and oxygen atoms in total. The minimum Gasteiger partial charge on any atom is -0.481 e. The second kappa shape index (κ2) is 6.56. The molecule has 0 saturated carbocycles. The van der Waals surface area contributed by atoms with Gasteiger partial charge in [0.15, 0.2) is 0 Å². The van der Waals surface area contributed by atoms with E-state index in [0.29, 0.717) is 6.54 Å². The highest BCUT2D eigenvalue weighted by Gasteiger charge is 2.18. The Balaban J connectivity index is 2.86. The molecule has 0 spiro atoms. The van der Waals surface area contributed by atoms with Crippen molar-refractivity contribution in [3.05, 3.63) is 28.0 Å². The van der Waals surface area contributed by atoms with Crippen LogP contribution in [0.4, 0.5) is 0 Å². The summed E-state index contributed by atoms with van der Waals surface area (Å²) in [6.45, 7) is 2.28. The summed E-state index contributed by atoms with van der Waals surface area (Å²) in [5, 5.41) is 8.82. The summed E-state index contributed by atoms with van der Waals surface area (Å²) < 4.78 is 0. The van der Waals surface area contributed by atoms with E-state index < -0.39 is 5.97 Å². The second-order valence-electron chi connectivity index (χ2n) is 3.50. The molecule has 1 N–H and O–H groups in total. The first-order valence-electron chi connectivity index (χ1n) is 5.28. The van der Waals surface area contributed by atoms with Crippen LogP contribution in [0.3, 0.4) is 0 Å². The lowest BCUT2D eigenvalue weighted by Gasteiger charge is -2.20. The maximum atomic E-state index is 12.1. The molecular weight excluding hydrogens is 279 g/mol. The van der Waals surface area contributed by atoms with Crippen molar-refractivity contribution in [2.24, 2.45) is 0 Å². The van der Waals surface area contributed by atoms with Gasteiger partial charge in [-0.15, -0.1) is 0 Å². The maximum Gasteiger partial charge on any atom is 0.305 e. The van der Waals surface area contributed by atoms with Gasteiger partial charge in [0.25, 0.3) is 5.91 Å². The van der Waals surface area contributed by atoms with E-state index in [-0.39, 0.29) is 34.7 Å². The number of amides is 1. The van der Waals surface area contributed by atoms with Gasteiger partial charge in [-0.1, -0.05) is 23.2 Å². The van der Waals surface area contributed by atoms with Crippen LogP contribution < -0.4 is 0 Å². The van der Waals surface area contributed by atoms with Crippen molar-refractivity contribution in [2.75, 3.05) is 13.1 Å². The zero-order valence-electron chi connectivity index (χ0n) is 9.69. The molecular formula is C11H12Cl2N2O3. The fourth-order valence-corrected chi connectivity index (χ4v) is 1.80. The van der Waals surface area contributed by atoms with E-state index in [9.17, 15) is 9.59 Å². The standard InChI is InChI=1S/C11H12Cl2N2O3/c1-2-15(6-5-9(16)17)11(18)7-3-4-8(12)14-10(7)13/h3-4H,2,5-6H2,1H3,(H,16,17). The van der Waals surface area contributed by atoms with Crippen LogP contribution in [0.15, 0.2) is 12.1 Å². The number of hydrogen-bond donors (Lipinski definition) is 1. The highest BCUT2D eigenvalue weighted by molar-refractivity contribution is 6.34. The fraction of sp³-hybridized carbons (Fsp3) is 0.364. The average molecular weight is 291 g/mol. The molecule has 1 rings (SSSR count). The first-order valence-corrected chi connectivity index (χ1v) is 6.04. The van der Waals surface area contributed by atoms with E-state index in [0.717, 1.165) is 0 Å². The molecule has 0 atom stereocenters. The fourth-order valence-electron chi connectivity index (χ4n) is 1.38. The van der Waals surface area contributed by atoms with E-state index in [1.807, 2.05) is 0 Å². The molecule has 0 fully saturated rings. The van der Waals surface area contributed by atoms with Crippen LogP contribution in [-0.4, -0.2) is 40.0 Å². The Morgan fingerprint density at radius 1 is 1.39 bits per heavy atom. The lowest BCUT2D eigenvalue weighted by Crippen LogP contribution is -2.33. The molecule has 0 aromatic carbocycles. The first kappa shape index (κ1) is 14.7. The van der Waals surface area contributed by atoms with Crippen molar-refractivity contribution >= 4 is 35.1 Å². The van der Waals surface area contributed by atoms with Gasteiger partial charge in [0, 0.05) is 13.1 Å². The molecule has 0 bridgehead atoms. The summed E-state index contributed by atoms with van der Waals surface area (Å²) in [6, 6.07) is 2.94. The van der Waals surface area contributed by atoms with Crippen molar-refractivity contribution < 1.29 is 14.7 Å². The molecule has 98 valence electrons. The topological polar surface area (TPSA) is 70.5 Å². The van der Waals surface area contributed by atoms with Crippen LogP contribution in [0.5, 0.6) is 0 Å². The lowest BCUT2D eigenvalue weighted by molar-refractivity contribution is -0.137. The van der Waals surface area contributed by atoms with E-state index in [1.165, 1.54) is 17.0 Å². The van der Waals surface area contributed by atoms with E-state index in [2.05, 4.69) is 4.98 Å². The smallest absolute Gasteiger partial charge is 0.305 e. The third-order valence-corrected chi connectivity index (χ3v) is 2.81. The quantitative estimate of drug-likeness (QED) is 0.845. The molecule has 18 heavy (non-hydrogen) atoms.